The van der Waals surface area contributed by atoms with Crippen LogP contribution in [-0.4, -0.2) is 38.5 Å². The molecule has 92 valence electrons. The Bertz CT molecular complexity index is 601. The second-order valence-electron chi connectivity index (χ2n) is 3.46. The summed E-state index contributed by atoms with van der Waals surface area (Å²) >= 11 is 0. The molecule has 5 N–H and O–H groups in total. The third kappa shape index (κ3) is 1.96. The van der Waals surface area contributed by atoms with Crippen LogP contribution < -0.4 is 11.2 Å². The Kier molecular flexibility index (Phi) is 3.09. The van der Waals surface area contributed by atoms with Crippen molar-refractivity contribution in [3.8, 4) is 11.3 Å². The zero-order valence-electron chi connectivity index (χ0n) is 8.96. The lowest BCUT2D eigenvalue weighted by molar-refractivity contribution is 0.0996. The molecule has 0 bridgehead atoms. The number of hydrogen-bond donors (Lipinski definition) is 4. The monoisotopic (exact) mass is 250 g/mol. The quantitative estimate of drug-likeness (QED) is 0.487. The average molecular weight is 250 g/mol. The van der Waals surface area contributed by atoms with Gasteiger partial charge >= 0.3 is 7.12 Å². The Morgan fingerprint density at radius 3 is 2.72 bits per heavy atom. The Balaban J connectivity index is 2.70. The average Bonchev–Trinajstić information content (AvgIpc) is 2.77. The van der Waals surface area contributed by atoms with E-state index >= 15 is 0 Å². The molecule has 9 heteroatoms. The fourth-order valence-corrected chi connectivity index (χ4v) is 1.58. The summed E-state index contributed by atoms with van der Waals surface area (Å²) in [4.78, 5) is 11.1. The van der Waals surface area contributed by atoms with Crippen LogP contribution in [0.25, 0.3) is 11.3 Å². The maximum Gasteiger partial charge on any atom is 0.489 e. The van der Waals surface area contributed by atoms with E-state index in [-0.39, 0.29) is 22.4 Å². The second-order valence-corrected chi connectivity index (χ2v) is 3.46. The lowest BCUT2D eigenvalue weighted by Crippen LogP contribution is -2.32. The van der Waals surface area contributed by atoms with Gasteiger partial charge in [0.1, 0.15) is 11.5 Å². The van der Waals surface area contributed by atoms with Crippen molar-refractivity contribution in [1.82, 2.24) is 15.4 Å². The van der Waals surface area contributed by atoms with Gasteiger partial charge in [0.2, 0.25) is 0 Å². The number of primary amides is 1. The normalized spacial score (nSPS) is 10.4. The first-order chi connectivity index (χ1) is 8.52. The first kappa shape index (κ1) is 12.2. The number of H-pyrrole nitrogens is 1. The van der Waals surface area contributed by atoms with Crippen molar-refractivity contribution in [3.63, 3.8) is 0 Å². The van der Waals surface area contributed by atoms with Gasteiger partial charge in [-0.1, -0.05) is 12.1 Å². The number of rotatable bonds is 3. The Morgan fingerprint density at radius 1 is 1.39 bits per heavy atom. The summed E-state index contributed by atoms with van der Waals surface area (Å²) in [5.74, 6) is -1.67. The Hall–Kier alpha value is -2.26. The van der Waals surface area contributed by atoms with Gasteiger partial charge in [0, 0.05) is 5.56 Å². The van der Waals surface area contributed by atoms with Crippen LogP contribution in [0.15, 0.2) is 18.2 Å². The van der Waals surface area contributed by atoms with E-state index < -0.39 is 18.8 Å². The number of nitrogens with zero attached hydrogens (tertiary/aromatic N) is 2. The molecule has 2 rings (SSSR count). The zero-order chi connectivity index (χ0) is 13.3. The summed E-state index contributed by atoms with van der Waals surface area (Å²) in [5, 5.41) is 27.6. The summed E-state index contributed by atoms with van der Waals surface area (Å²) in [5.41, 5.74) is 4.26. The fraction of sp³-hybridized carbons (Fsp3) is 0. The molecule has 0 aliphatic heterocycles. The van der Waals surface area contributed by atoms with Gasteiger partial charge in [-0.2, -0.15) is 15.4 Å². The summed E-state index contributed by atoms with van der Waals surface area (Å²) in [6.45, 7) is 0. The maximum absolute atomic E-state index is 13.8. The molecule has 2 aromatic rings. The van der Waals surface area contributed by atoms with Crippen LogP contribution in [0.1, 0.15) is 10.5 Å². The standard InChI is InChI=1S/C9H8BFN4O3/c11-5-3-1-2-4(10(17)18)6(5)7-8(9(12)16)14-15-13-7/h1-3,17-18H,(H2,12,16)(H,13,14,15). The van der Waals surface area contributed by atoms with Gasteiger partial charge < -0.3 is 15.8 Å². The maximum atomic E-state index is 13.8. The van der Waals surface area contributed by atoms with Crippen molar-refractivity contribution in [2.75, 3.05) is 0 Å². The van der Waals surface area contributed by atoms with Gasteiger partial charge in [-0.05, 0) is 11.5 Å². The van der Waals surface area contributed by atoms with Gasteiger partial charge in [0.15, 0.2) is 5.69 Å². The third-order valence-electron chi connectivity index (χ3n) is 2.34. The Labute approximate surface area is 101 Å². The minimum absolute atomic E-state index is 0.133. The van der Waals surface area contributed by atoms with Gasteiger partial charge in [-0.25, -0.2) is 4.39 Å². The molecule has 1 heterocycles. The number of halogens is 1. The number of carbonyl (C=O) groups is 1. The van der Waals surface area contributed by atoms with Gasteiger partial charge in [0.05, 0.1) is 0 Å². The molecular formula is C9H8BFN4O3. The lowest BCUT2D eigenvalue weighted by Gasteiger charge is -2.07. The highest BCUT2D eigenvalue weighted by atomic mass is 19.1. The molecule has 0 saturated heterocycles. The van der Waals surface area contributed by atoms with E-state index in [1.807, 2.05) is 0 Å². The topological polar surface area (TPSA) is 125 Å². The van der Waals surface area contributed by atoms with Crippen LogP contribution in [0.3, 0.4) is 0 Å². The van der Waals surface area contributed by atoms with E-state index in [0.717, 1.165) is 6.07 Å². The van der Waals surface area contributed by atoms with Crippen molar-refractivity contribution >= 4 is 18.5 Å². The number of hydrogen-bond acceptors (Lipinski definition) is 5. The molecule has 1 amide bonds. The Morgan fingerprint density at radius 2 is 2.11 bits per heavy atom. The van der Waals surface area contributed by atoms with Crippen LogP contribution >= 0.6 is 0 Å². The molecule has 7 nitrogen and oxygen atoms in total. The van der Waals surface area contributed by atoms with Crippen LogP contribution in [-0.2, 0) is 0 Å². The number of nitrogens with two attached hydrogens (primary N) is 1. The van der Waals surface area contributed by atoms with E-state index in [9.17, 15) is 19.2 Å². The van der Waals surface area contributed by atoms with E-state index in [4.69, 9.17) is 5.73 Å². The number of amides is 1. The van der Waals surface area contributed by atoms with Crippen molar-refractivity contribution in [1.29, 1.82) is 0 Å². The second kappa shape index (κ2) is 4.55. The molecule has 1 aromatic heterocycles. The third-order valence-corrected chi connectivity index (χ3v) is 2.34. The van der Waals surface area contributed by atoms with Crippen LogP contribution in [0.5, 0.6) is 0 Å². The first-order valence-corrected chi connectivity index (χ1v) is 4.88. The molecule has 0 spiro atoms. The fourth-order valence-electron chi connectivity index (χ4n) is 1.58. The summed E-state index contributed by atoms with van der Waals surface area (Å²) in [6, 6.07) is 3.70. The smallest absolute Gasteiger partial charge is 0.423 e. The number of carbonyl (C=O) groups excluding carboxylic acids is 1. The highest BCUT2D eigenvalue weighted by Crippen LogP contribution is 2.21. The molecule has 0 unspecified atom stereocenters. The molecule has 0 aliphatic carbocycles. The summed E-state index contributed by atoms with van der Waals surface area (Å²) in [6.07, 6.45) is 0. The molecule has 0 aliphatic rings. The number of aromatic amines is 1. The van der Waals surface area contributed by atoms with E-state index in [2.05, 4.69) is 15.4 Å². The number of aromatic nitrogens is 3. The largest absolute Gasteiger partial charge is 0.489 e. The van der Waals surface area contributed by atoms with E-state index in [1.165, 1.54) is 12.1 Å². The minimum Gasteiger partial charge on any atom is -0.423 e. The van der Waals surface area contributed by atoms with Crippen molar-refractivity contribution in [2.24, 2.45) is 5.73 Å². The predicted octanol–water partition coefficient (Wildman–Crippen LogP) is -1.61. The van der Waals surface area contributed by atoms with Crippen LogP contribution in [0.4, 0.5) is 4.39 Å². The highest BCUT2D eigenvalue weighted by molar-refractivity contribution is 6.60. The van der Waals surface area contributed by atoms with Gasteiger partial charge in [-0.3, -0.25) is 4.79 Å². The van der Waals surface area contributed by atoms with Crippen molar-refractivity contribution in [2.45, 2.75) is 0 Å². The van der Waals surface area contributed by atoms with Crippen LogP contribution in [0, 0.1) is 5.82 Å². The lowest BCUT2D eigenvalue weighted by atomic mass is 9.76. The van der Waals surface area contributed by atoms with Crippen molar-refractivity contribution < 1.29 is 19.2 Å². The summed E-state index contributed by atoms with van der Waals surface area (Å²) < 4.78 is 13.8. The number of nitrogens with one attached hydrogen (secondary N) is 1. The highest BCUT2D eigenvalue weighted by Gasteiger charge is 2.25. The molecule has 0 atom stereocenters. The van der Waals surface area contributed by atoms with Gasteiger partial charge in [0.25, 0.3) is 5.91 Å². The summed E-state index contributed by atoms with van der Waals surface area (Å²) in [7, 11) is -1.91. The minimum atomic E-state index is -1.91. The molecule has 18 heavy (non-hydrogen) atoms. The zero-order valence-corrected chi connectivity index (χ0v) is 8.96. The molecule has 0 radical (unpaired) electrons. The van der Waals surface area contributed by atoms with E-state index in [0.29, 0.717) is 0 Å². The molecule has 0 fully saturated rings. The SMILES string of the molecule is NC(=O)c1n[nH]nc1-c1c(F)cccc1B(O)O. The molecular weight excluding hydrogens is 242 g/mol. The number of benzene rings is 1. The molecule has 1 aromatic carbocycles. The molecule has 0 saturated carbocycles. The first-order valence-electron chi connectivity index (χ1n) is 4.88. The van der Waals surface area contributed by atoms with Crippen molar-refractivity contribution in [3.05, 3.63) is 29.7 Å². The van der Waals surface area contributed by atoms with Gasteiger partial charge in [-0.15, -0.1) is 0 Å². The van der Waals surface area contributed by atoms with E-state index in [1.54, 1.807) is 0 Å². The predicted molar refractivity (Wildman–Crippen MR) is 60.1 cm³/mol. The van der Waals surface area contributed by atoms with Crippen LogP contribution in [0.2, 0.25) is 0 Å².